The van der Waals surface area contributed by atoms with E-state index in [-0.39, 0.29) is 18.7 Å². The van der Waals surface area contributed by atoms with E-state index in [0.29, 0.717) is 15.7 Å². The molecule has 0 saturated carbocycles. The number of benzene rings is 1. The van der Waals surface area contributed by atoms with Crippen molar-refractivity contribution in [3.63, 3.8) is 0 Å². The third kappa shape index (κ3) is 4.99. The minimum Gasteiger partial charge on any atom is -0.306 e. The third-order valence-corrected chi connectivity index (χ3v) is 5.36. The third-order valence-electron chi connectivity index (χ3n) is 3.74. The van der Waals surface area contributed by atoms with Crippen molar-refractivity contribution in [3.05, 3.63) is 34.4 Å². The Morgan fingerprint density at radius 2 is 2.12 bits per heavy atom. The summed E-state index contributed by atoms with van der Waals surface area (Å²) < 4.78 is 21.7. The molecule has 2 aromatic rings. The largest absolute Gasteiger partial charge is 0.306 e. The lowest BCUT2D eigenvalue weighted by Gasteiger charge is -2.25. The summed E-state index contributed by atoms with van der Waals surface area (Å²) in [5.41, 5.74) is 1.60. The van der Waals surface area contributed by atoms with Crippen LogP contribution in [0.15, 0.2) is 24.4 Å². The van der Waals surface area contributed by atoms with Crippen molar-refractivity contribution < 1.29 is 18.8 Å². The molecule has 3 N–H and O–H groups in total. The molecule has 0 bridgehead atoms. The summed E-state index contributed by atoms with van der Waals surface area (Å²) in [6.07, 6.45) is 1.84. The number of carbonyl (C=O) groups is 1. The molecule has 1 heterocycles. The van der Waals surface area contributed by atoms with Crippen molar-refractivity contribution in [1.29, 1.82) is 0 Å². The van der Waals surface area contributed by atoms with Crippen LogP contribution in [0.5, 0.6) is 0 Å². The first-order chi connectivity index (χ1) is 11.7. The Morgan fingerprint density at radius 1 is 1.40 bits per heavy atom. The van der Waals surface area contributed by atoms with Gasteiger partial charge < -0.3 is 4.55 Å². The highest BCUT2D eigenvalue weighted by atomic mass is 35.5. The molecule has 11 heteroatoms. The van der Waals surface area contributed by atoms with Gasteiger partial charge in [0.25, 0.3) is 0 Å². The predicted molar refractivity (Wildman–Crippen MR) is 93.8 cm³/mol. The average Bonchev–Trinajstić information content (AvgIpc) is 3.03. The van der Waals surface area contributed by atoms with Crippen LogP contribution in [0.25, 0.3) is 11.3 Å². The summed E-state index contributed by atoms with van der Waals surface area (Å²) in [5, 5.41) is 17.7. The van der Waals surface area contributed by atoms with Crippen molar-refractivity contribution in [1.82, 2.24) is 20.5 Å². The van der Waals surface area contributed by atoms with E-state index in [9.17, 15) is 9.00 Å². The molecule has 25 heavy (non-hydrogen) atoms. The van der Waals surface area contributed by atoms with Gasteiger partial charge in [0.2, 0.25) is 5.91 Å². The minimum absolute atomic E-state index is 0.176. The number of aromatic nitrogens is 3. The Morgan fingerprint density at radius 3 is 2.72 bits per heavy atom. The fraction of sp³-hybridized carbons (Fsp3) is 0.357. The van der Waals surface area contributed by atoms with Gasteiger partial charge in [0, 0.05) is 12.1 Å². The molecule has 1 aromatic carbocycles. The van der Waals surface area contributed by atoms with Gasteiger partial charge in [-0.3, -0.25) is 14.7 Å². The van der Waals surface area contributed by atoms with Crippen LogP contribution in [0.3, 0.4) is 0 Å². The summed E-state index contributed by atoms with van der Waals surface area (Å²) in [5.74, 6) is -1.05. The second-order valence-corrected chi connectivity index (χ2v) is 7.46. The summed E-state index contributed by atoms with van der Waals surface area (Å²) in [6.45, 7) is 1.75. The molecule has 8 nitrogen and oxygen atoms in total. The van der Waals surface area contributed by atoms with Crippen LogP contribution < -0.4 is 5.48 Å². The van der Waals surface area contributed by atoms with Gasteiger partial charge in [-0.05, 0) is 25.5 Å². The van der Waals surface area contributed by atoms with Gasteiger partial charge in [-0.15, -0.1) is 5.10 Å². The number of nitrogens with one attached hydrogen (secondary N) is 1. The van der Waals surface area contributed by atoms with Crippen LogP contribution in [0.4, 0.5) is 0 Å². The number of hydrogen-bond acceptors (Lipinski definition) is 5. The maximum Gasteiger partial charge on any atom is 0.250 e. The number of rotatable bonds is 7. The predicted octanol–water partition coefficient (Wildman–Crippen LogP) is 2.38. The fourth-order valence-electron chi connectivity index (χ4n) is 2.22. The standard InChI is InChI=1S/C14H16Cl2N4O4S/c1-14(8-25(23)24,13(21)18-22)4-5-20-7-12(17-19-20)9-2-3-10(15)11(16)6-9/h2-3,6-7,22H,4-5,8H2,1H3,(H,18,21)(H,23,24)/t14-/m0/s1. The van der Waals surface area contributed by atoms with E-state index in [2.05, 4.69) is 10.3 Å². The Hall–Kier alpha value is -1.52. The van der Waals surface area contributed by atoms with Crippen molar-refractivity contribution in [2.24, 2.45) is 5.41 Å². The Bertz CT molecular complexity index is 801. The number of halogens is 2. The number of amides is 1. The SMILES string of the molecule is C[C@](CCn1cc(-c2ccc(Cl)c(Cl)c2)nn1)(CS(=O)O)C(=O)NO. The molecule has 136 valence electrons. The molecule has 1 aromatic heterocycles. The van der Waals surface area contributed by atoms with E-state index in [1.54, 1.807) is 24.4 Å². The van der Waals surface area contributed by atoms with Gasteiger partial charge in [-0.1, -0.05) is 34.5 Å². The zero-order chi connectivity index (χ0) is 18.6. The van der Waals surface area contributed by atoms with Crippen LogP contribution >= 0.6 is 23.2 Å². The molecule has 1 amide bonds. The molecule has 0 aliphatic carbocycles. The molecular formula is C14H16Cl2N4O4S. The van der Waals surface area contributed by atoms with Crippen LogP contribution in [0, 0.1) is 5.41 Å². The molecule has 0 radical (unpaired) electrons. The summed E-state index contributed by atoms with van der Waals surface area (Å²) in [6, 6.07) is 5.06. The van der Waals surface area contributed by atoms with Gasteiger partial charge in [0.05, 0.1) is 27.4 Å². The van der Waals surface area contributed by atoms with Gasteiger partial charge in [0.1, 0.15) is 5.69 Å². The average molecular weight is 407 g/mol. The highest BCUT2D eigenvalue weighted by molar-refractivity contribution is 7.79. The van der Waals surface area contributed by atoms with Crippen molar-refractivity contribution >= 4 is 40.2 Å². The Balaban J connectivity index is 2.13. The second-order valence-electron chi connectivity index (χ2n) is 5.71. The molecule has 0 saturated heterocycles. The zero-order valence-electron chi connectivity index (χ0n) is 13.1. The van der Waals surface area contributed by atoms with Gasteiger partial charge in [-0.25, -0.2) is 9.69 Å². The first kappa shape index (κ1) is 19.8. The van der Waals surface area contributed by atoms with E-state index < -0.39 is 22.4 Å². The molecular weight excluding hydrogens is 391 g/mol. The quantitative estimate of drug-likeness (QED) is 0.369. The minimum atomic E-state index is -2.19. The lowest BCUT2D eigenvalue weighted by Crippen LogP contribution is -2.42. The maximum absolute atomic E-state index is 11.8. The normalized spacial score (nSPS) is 14.8. The first-order valence-electron chi connectivity index (χ1n) is 7.13. The van der Waals surface area contributed by atoms with Crippen LogP contribution in [-0.4, -0.2) is 40.6 Å². The van der Waals surface area contributed by atoms with Crippen molar-refractivity contribution in [3.8, 4) is 11.3 Å². The number of carbonyl (C=O) groups excluding carboxylic acids is 1. The number of aryl methyl sites for hydroxylation is 1. The van der Waals surface area contributed by atoms with Gasteiger partial charge in [0.15, 0.2) is 11.1 Å². The number of hydrogen-bond donors (Lipinski definition) is 3. The summed E-state index contributed by atoms with van der Waals surface area (Å²) in [4.78, 5) is 11.8. The highest BCUT2D eigenvalue weighted by Gasteiger charge is 2.35. The molecule has 0 fully saturated rings. The summed E-state index contributed by atoms with van der Waals surface area (Å²) >= 11 is 9.68. The molecule has 2 rings (SSSR count). The molecule has 0 spiro atoms. The van der Waals surface area contributed by atoms with E-state index in [0.717, 1.165) is 5.56 Å². The monoisotopic (exact) mass is 406 g/mol. The van der Waals surface area contributed by atoms with Crippen LogP contribution in [0.1, 0.15) is 13.3 Å². The fourth-order valence-corrected chi connectivity index (χ4v) is 3.33. The van der Waals surface area contributed by atoms with E-state index in [4.69, 9.17) is 33.0 Å². The Kier molecular flexibility index (Phi) is 6.53. The highest BCUT2D eigenvalue weighted by Crippen LogP contribution is 2.28. The van der Waals surface area contributed by atoms with Gasteiger partial charge >= 0.3 is 0 Å². The first-order valence-corrected chi connectivity index (χ1v) is 9.16. The summed E-state index contributed by atoms with van der Waals surface area (Å²) in [7, 11) is 0. The van der Waals surface area contributed by atoms with E-state index >= 15 is 0 Å². The smallest absolute Gasteiger partial charge is 0.250 e. The Labute approximate surface area is 156 Å². The molecule has 1 unspecified atom stereocenters. The number of nitrogens with zero attached hydrogens (tertiary/aromatic N) is 3. The molecule has 0 aliphatic rings. The van der Waals surface area contributed by atoms with Gasteiger partial charge in [-0.2, -0.15) is 0 Å². The lowest BCUT2D eigenvalue weighted by molar-refractivity contribution is -0.138. The second kappa shape index (κ2) is 8.24. The van der Waals surface area contributed by atoms with Crippen molar-refractivity contribution in [2.45, 2.75) is 19.9 Å². The molecule has 2 atom stereocenters. The number of hydroxylamine groups is 1. The van der Waals surface area contributed by atoms with E-state index in [1.807, 2.05) is 0 Å². The maximum atomic E-state index is 11.8. The zero-order valence-corrected chi connectivity index (χ0v) is 15.5. The van der Waals surface area contributed by atoms with Crippen LogP contribution in [-0.2, 0) is 22.4 Å². The van der Waals surface area contributed by atoms with E-state index in [1.165, 1.54) is 17.1 Å². The van der Waals surface area contributed by atoms with Crippen LogP contribution in [0.2, 0.25) is 10.0 Å². The lowest BCUT2D eigenvalue weighted by atomic mass is 9.88. The van der Waals surface area contributed by atoms with Crippen molar-refractivity contribution in [2.75, 3.05) is 5.75 Å². The molecule has 0 aliphatic heterocycles. The topological polar surface area (TPSA) is 117 Å².